The van der Waals surface area contributed by atoms with Crippen LogP contribution in [0.15, 0.2) is 24.5 Å². The van der Waals surface area contributed by atoms with E-state index in [1.807, 2.05) is 30.9 Å². The zero-order valence-electron chi connectivity index (χ0n) is 14.6. The molecular weight excluding hydrogens is 340 g/mol. The van der Waals surface area contributed by atoms with Gasteiger partial charge in [0.15, 0.2) is 0 Å². The number of nitrogens with zero attached hydrogens (tertiary/aromatic N) is 4. The lowest BCUT2D eigenvalue weighted by molar-refractivity contribution is -0.134. The molecule has 1 aliphatic heterocycles. The number of pyridine rings is 1. The molecule has 1 fully saturated rings. The number of rotatable bonds is 6. The fourth-order valence-corrected chi connectivity index (χ4v) is 3.19. The van der Waals surface area contributed by atoms with Crippen molar-refractivity contribution < 1.29 is 9.53 Å². The van der Waals surface area contributed by atoms with Crippen molar-refractivity contribution in [3.63, 3.8) is 0 Å². The quantitative estimate of drug-likeness (QED) is 0.792. The number of carbonyl (C=O) groups excluding carboxylic acids is 1. The highest BCUT2D eigenvalue weighted by atomic mass is 35.5. The Bertz CT molecular complexity index is 726. The fraction of sp³-hybridized carbons (Fsp3) is 0.500. The minimum absolute atomic E-state index is 0.00887. The smallest absolute Gasteiger partial charge is 0.244 e. The Kier molecular flexibility index (Phi) is 5.71. The summed E-state index contributed by atoms with van der Waals surface area (Å²) in [5.41, 5.74) is 2.60. The van der Waals surface area contributed by atoms with E-state index in [0.717, 1.165) is 36.4 Å². The standard InChI is InChI=1S/C18H23ClN4O2/c1-13-18(19)14(2)23(21-13)12-17(24)22(11-16-4-3-9-25-16)10-15-5-7-20-8-6-15/h5-8,16H,3-4,9-12H2,1-2H3/t16-/m0/s1. The van der Waals surface area contributed by atoms with Crippen LogP contribution in [0, 0.1) is 13.8 Å². The van der Waals surface area contributed by atoms with E-state index < -0.39 is 0 Å². The average Bonchev–Trinajstić information content (AvgIpc) is 3.20. The Balaban J connectivity index is 1.74. The van der Waals surface area contributed by atoms with Gasteiger partial charge in [0.25, 0.3) is 0 Å². The van der Waals surface area contributed by atoms with Crippen LogP contribution in [0.1, 0.15) is 29.8 Å². The molecule has 0 N–H and O–H groups in total. The van der Waals surface area contributed by atoms with E-state index in [4.69, 9.17) is 16.3 Å². The topological polar surface area (TPSA) is 60.2 Å². The predicted molar refractivity (Wildman–Crippen MR) is 95.3 cm³/mol. The molecule has 3 heterocycles. The van der Waals surface area contributed by atoms with E-state index in [1.54, 1.807) is 17.1 Å². The third kappa shape index (κ3) is 4.38. The molecule has 0 unspecified atom stereocenters. The van der Waals surface area contributed by atoms with E-state index in [-0.39, 0.29) is 18.6 Å². The molecule has 2 aromatic heterocycles. The molecule has 7 heteroatoms. The molecule has 0 bridgehead atoms. The summed E-state index contributed by atoms with van der Waals surface area (Å²) in [5, 5.41) is 4.99. The molecule has 0 saturated carbocycles. The zero-order chi connectivity index (χ0) is 17.8. The van der Waals surface area contributed by atoms with E-state index >= 15 is 0 Å². The molecule has 25 heavy (non-hydrogen) atoms. The van der Waals surface area contributed by atoms with E-state index in [0.29, 0.717) is 18.1 Å². The zero-order valence-corrected chi connectivity index (χ0v) is 15.4. The van der Waals surface area contributed by atoms with Crippen molar-refractivity contribution in [1.82, 2.24) is 19.7 Å². The van der Waals surface area contributed by atoms with Gasteiger partial charge in [0.2, 0.25) is 5.91 Å². The molecule has 0 aromatic carbocycles. The first-order valence-electron chi connectivity index (χ1n) is 8.52. The van der Waals surface area contributed by atoms with E-state index in [9.17, 15) is 4.79 Å². The minimum Gasteiger partial charge on any atom is -0.376 e. The van der Waals surface area contributed by atoms with E-state index in [2.05, 4.69) is 10.1 Å². The Morgan fingerprint density at radius 3 is 2.76 bits per heavy atom. The van der Waals surface area contributed by atoms with Crippen LogP contribution in [-0.4, -0.2) is 44.8 Å². The molecule has 0 spiro atoms. The molecule has 0 aliphatic carbocycles. The lowest BCUT2D eigenvalue weighted by Gasteiger charge is -2.26. The number of aromatic nitrogens is 3. The van der Waals surface area contributed by atoms with Crippen molar-refractivity contribution in [3.8, 4) is 0 Å². The normalized spacial score (nSPS) is 17.0. The first-order valence-corrected chi connectivity index (χ1v) is 8.90. The third-order valence-corrected chi connectivity index (χ3v) is 5.05. The lowest BCUT2D eigenvalue weighted by Crippen LogP contribution is -2.39. The van der Waals surface area contributed by atoms with E-state index in [1.165, 1.54) is 0 Å². The molecule has 0 radical (unpaired) electrons. The highest BCUT2D eigenvalue weighted by molar-refractivity contribution is 6.31. The highest BCUT2D eigenvalue weighted by Crippen LogP contribution is 2.20. The van der Waals surface area contributed by atoms with Gasteiger partial charge >= 0.3 is 0 Å². The highest BCUT2D eigenvalue weighted by Gasteiger charge is 2.24. The second-order valence-electron chi connectivity index (χ2n) is 6.41. The Morgan fingerprint density at radius 2 is 2.16 bits per heavy atom. The number of hydrogen-bond acceptors (Lipinski definition) is 4. The summed E-state index contributed by atoms with van der Waals surface area (Å²) >= 11 is 6.19. The van der Waals surface area contributed by atoms with Crippen molar-refractivity contribution in [3.05, 3.63) is 46.5 Å². The molecular formula is C18H23ClN4O2. The molecule has 2 aromatic rings. The van der Waals surface area contributed by atoms with Crippen LogP contribution < -0.4 is 0 Å². The number of halogens is 1. The van der Waals surface area contributed by atoms with Crippen LogP contribution in [0.25, 0.3) is 0 Å². The summed E-state index contributed by atoms with van der Waals surface area (Å²) in [5.74, 6) is 0.00887. The summed E-state index contributed by atoms with van der Waals surface area (Å²) in [6.07, 6.45) is 5.63. The van der Waals surface area contributed by atoms with Gasteiger partial charge in [0.05, 0.1) is 22.5 Å². The van der Waals surface area contributed by atoms with Crippen LogP contribution in [-0.2, 0) is 22.6 Å². The van der Waals surface area contributed by atoms with Gasteiger partial charge in [-0.05, 0) is 44.4 Å². The van der Waals surface area contributed by atoms with Crippen molar-refractivity contribution in [1.29, 1.82) is 0 Å². The van der Waals surface area contributed by atoms with Crippen LogP contribution in [0.2, 0.25) is 5.02 Å². The van der Waals surface area contributed by atoms with Crippen molar-refractivity contribution in [2.24, 2.45) is 0 Å². The Morgan fingerprint density at radius 1 is 1.40 bits per heavy atom. The first kappa shape index (κ1) is 17.9. The van der Waals surface area contributed by atoms with Gasteiger partial charge in [-0.3, -0.25) is 14.5 Å². The van der Waals surface area contributed by atoms with Crippen LogP contribution in [0.5, 0.6) is 0 Å². The number of ether oxygens (including phenoxy) is 1. The third-order valence-electron chi connectivity index (χ3n) is 4.50. The van der Waals surface area contributed by atoms with Crippen molar-refractivity contribution >= 4 is 17.5 Å². The molecule has 3 rings (SSSR count). The molecule has 134 valence electrons. The molecule has 6 nitrogen and oxygen atoms in total. The summed E-state index contributed by atoms with van der Waals surface area (Å²) in [7, 11) is 0. The summed E-state index contributed by atoms with van der Waals surface area (Å²) in [6, 6.07) is 3.85. The Labute approximate surface area is 152 Å². The maximum atomic E-state index is 12.9. The summed E-state index contributed by atoms with van der Waals surface area (Å²) < 4.78 is 7.39. The van der Waals surface area contributed by atoms with Gasteiger partial charge in [0.1, 0.15) is 6.54 Å². The molecule has 1 amide bonds. The van der Waals surface area contributed by atoms with Crippen LogP contribution in [0.3, 0.4) is 0 Å². The Hall–Kier alpha value is -1.92. The SMILES string of the molecule is Cc1nn(CC(=O)N(Cc2ccncc2)C[C@@H]2CCCO2)c(C)c1Cl. The van der Waals surface area contributed by atoms with Gasteiger partial charge < -0.3 is 9.64 Å². The minimum atomic E-state index is 0.00887. The number of hydrogen-bond donors (Lipinski definition) is 0. The van der Waals surface area contributed by atoms with Crippen LogP contribution >= 0.6 is 11.6 Å². The monoisotopic (exact) mass is 362 g/mol. The largest absolute Gasteiger partial charge is 0.376 e. The maximum Gasteiger partial charge on any atom is 0.244 e. The van der Waals surface area contributed by atoms with Gasteiger partial charge in [-0.25, -0.2) is 0 Å². The van der Waals surface area contributed by atoms with Gasteiger partial charge in [-0.15, -0.1) is 0 Å². The lowest BCUT2D eigenvalue weighted by atomic mass is 10.2. The van der Waals surface area contributed by atoms with Crippen LogP contribution in [0.4, 0.5) is 0 Å². The number of aryl methyl sites for hydroxylation is 1. The fourth-order valence-electron chi connectivity index (χ4n) is 3.05. The number of carbonyl (C=O) groups is 1. The molecule has 1 atom stereocenters. The predicted octanol–water partition coefficient (Wildman–Crippen LogP) is 2.76. The molecule has 1 aliphatic rings. The first-order chi connectivity index (χ1) is 12.0. The summed E-state index contributed by atoms with van der Waals surface area (Å²) in [4.78, 5) is 18.8. The van der Waals surface area contributed by atoms with Gasteiger partial charge in [-0.1, -0.05) is 11.6 Å². The van der Waals surface area contributed by atoms with Crippen molar-refractivity contribution in [2.45, 2.75) is 45.9 Å². The van der Waals surface area contributed by atoms with Crippen molar-refractivity contribution in [2.75, 3.05) is 13.2 Å². The summed E-state index contributed by atoms with van der Waals surface area (Å²) in [6.45, 7) is 5.80. The average molecular weight is 363 g/mol. The second-order valence-corrected chi connectivity index (χ2v) is 6.79. The van der Waals surface area contributed by atoms with Gasteiger partial charge in [0, 0.05) is 32.1 Å². The second kappa shape index (κ2) is 7.97. The number of amides is 1. The molecule has 1 saturated heterocycles. The van der Waals surface area contributed by atoms with Gasteiger partial charge in [-0.2, -0.15) is 5.10 Å². The maximum absolute atomic E-state index is 12.9.